The third kappa shape index (κ3) is 7.68. The fourth-order valence-electron chi connectivity index (χ4n) is 3.84. The van der Waals surface area contributed by atoms with Crippen LogP contribution in [0.2, 0.25) is 0 Å². The highest BCUT2D eigenvalue weighted by atomic mass is 79.9. The summed E-state index contributed by atoms with van der Waals surface area (Å²) in [5.41, 5.74) is 3.99. The van der Waals surface area contributed by atoms with Gasteiger partial charge < -0.3 is 28.4 Å². The molecule has 0 atom stereocenters. The third-order valence-corrected chi connectivity index (χ3v) is 6.66. The Balaban J connectivity index is 1.47. The zero-order valence-electron chi connectivity index (χ0n) is 22.8. The fourth-order valence-corrected chi connectivity index (χ4v) is 4.21. The molecule has 0 aliphatic carbocycles. The lowest BCUT2D eigenvalue weighted by atomic mass is 10.1. The van der Waals surface area contributed by atoms with Gasteiger partial charge in [0.2, 0.25) is 0 Å². The van der Waals surface area contributed by atoms with Crippen molar-refractivity contribution in [3.8, 4) is 34.5 Å². The molecular formula is C33H31BrO6. The van der Waals surface area contributed by atoms with E-state index < -0.39 is 0 Å². The molecule has 0 radical (unpaired) electrons. The van der Waals surface area contributed by atoms with Gasteiger partial charge in [-0.15, -0.1) is 0 Å². The van der Waals surface area contributed by atoms with Crippen LogP contribution in [0.4, 0.5) is 0 Å². The zero-order valence-corrected chi connectivity index (χ0v) is 24.4. The topological polar surface area (TPSA) is 55.4 Å². The number of hydrogen-bond acceptors (Lipinski definition) is 6. The summed E-state index contributed by atoms with van der Waals surface area (Å²) in [5, 5.41) is 0. The first-order valence-electron chi connectivity index (χ1n) is 12.5. The average Bonchev–Trinajstić information content (AvgIpc) is 2.99. The molecule has 0 aliphatic rings. The zero-order chi connectivity index (χ0) is 28.3. The summed E-state index contributed by atoms with van der Waals surface area (Å²) in [6.07, 6.45) is 8.08. The quantitative estimate of drug-likeness (QED) is 0.119. The first-order chi connectivity index (χ1) is 19.5. The van der Waals surface area contributed by atoms with Gasteiger partial charge in [0.1, 0.15) is 11.5 Å². The lowest BCUT2D eigenvalue weighted by Gasteiger charge is -2.12. The van der Waals surface area contributed by atoms with Crippen molar-refractivity contribution >= 4 is 40.2 Å². The van der Waals surface area contributed by atoms with E-state index in [1.807, 2.05) is 103 Å². The molecule has 7 heteroatoms. The summed E-state index contributed by atoms with van der Waals surface area (Å²) in [7, 11) is 6.47. The number of rotatable bonds is 12. The van der Waals surface area contributed by atoms with Crippen LogP contribution < -0.4 is 23.7 Å². The Morgan fingerprint density at radius 3 is 1.80 bits per heavy atom. The molecule has 0 bridgehead atoms. The molecule has 4 aromatic rings. The second kappa shape index (κ2) is 14.3. The Bertz CT molecular complexity index is 1480. The second-order valence-electron chi connectivity index (χ2n) is 8.60. The molecule has 0 aromatic heterocycles. The second-order valence-corrected chi connectivity index (χ2v) is 9.45. The molecule has 0 saturated heterocycles. The molecule has 4 aromatic carbocycles. The molecule has 0 unspecified atom stereocenters. The maximum atomic E-state index is 6.19. The highest BCUT2D eigenvalue weighted by Crippen LogP contribution is 2.34. The van der Waals surface area contributed by atoms with Crippen molar-refractivity contribution in [2.24, 2.45) is 0 Å². The van der Waals surface area contributed by atoms with Gasteiger partial charge in [0, 0.05) is 11.6 Å². The fraction of sp³-hybridized carbons (Fsp3) is 0.152. The van der Waals surface area contributed by atoms with Crippen LogP contribution in [-0.2, 0) is 4.74 Å². The largest absolute Gasteiger partial charge is 0.497 e. The summed E-state index contributed by atoms with van der Waals surface area (Å²) in [6.45, 7) is 0.154. The molecule has 40 heavy (non-hydrogen) atoms. The van der Waals surface area contributed by atoms with Crippen LogP contribution >= 0.6 is 15.9 Å². The van der Waals surface area contributed by atoms with Gasteiger partial charge >= 0.3 is 0 Å². The summed E-state index contributed by atoms with van der Waals surface area (Å²) < 4.78 is 34.0. The van der Waals surface area contributed by atoms with Crippen molar-refractivity contribution in [3.05, 3.63) is 106 Å². The number of methoxy groups -OCH3 is 4. The molecule has 0 amide bonds. The predicted octanol–water partition coefficient (Wildman–Crippen LogP) is 8.59. The number of benzene rings is 4. The smallest absolute Gasteiger partial charge is 0.188 e. The molecule has 206 valence electrons. The lowest BCUT2D eigenvalue weighted by Crippen LogP contribution is -2.00. The van der Waals surface area contributed by atoms with Crippen LogP contribution in [0.3, 0.4) is 0 Å². The van der Waals surface area contributed by atoms with Crippen molar-refractivity contribution < 1.29 is 28.4 Å². The molecule has 0 heterocycles. The molecule has 0 spiro atoms. The number of hydrogen-bond donors (Lipinski definition) is 0. The van der Waals surface area contributed by atoms with Gasteiger partial charge in [-0.25, -0.2) is 0 Å². The molecule has 0 N–H and O–H groups in total. The minimum Gasteiger partial charge on any atom is -0.497 e. The van der Waals surface area contributed by atoms with E-state index in [0.29, 0.717) is 28.7 Å². The maximum absolute atomic E-state index is 6.19. The molecule has 6 nitrogen and oxygen atoms in total. The average molecular weight is 604 g/mol. The first kappa shape index (κ1) is 28.8. The SMILES string of the molecule is COCOc1ccc(/C=C/c2ccc(OC)c(Oc3ccc(/C=C/c4cc(OC)ccc4Br)cc3)c2)cc1OC. The Labute approximate surface area is 243 Å². The standard InChI is InChI=1S/C33H31BrO6/c1-35-22-39-31-18-11-24(19-32(31)38-4)5-6-25-10-17-30(37-3)33(20-25)40-27-13-8-23(9-14-27)7-12-26-21-28(36-2)15-16-29(26)34/h5-21H,22H2,1-4H3/b6-5+,12-7+. The maximum Gasteiger partial charge on any atom is 0.188 e. The lowest BCUT2D eigenvalue weighted by molar-refractivity contribution is 0.0491. The van der Waals surface area contributed by atoms with Crippen LogP contribution in [0.25, 0.3) is 24.3 Å². The third-order valence-electron chi connectivity index (χ3n) is 5.94. The summed E-state index contributed by atoms with van der Waals surface area (Å²) in [6, 6.07) is 25.3. The van der Waals surface area contributed by atoms with Gasteiger partial charge in [-0.05, 0) is 76.9 Å². The van der Waals surface area contributed by atoms with E-state index in [1.54, 1.807) is 28.4 Å². The Morgan fingerprint density at radius 2 is 1.15 bits per heavy atom. The van der Waals surface area contributed by atoms with Crippen molar-refractivity contribution in [3.63, 3.8) is 0 Å². The summed E-state index contributed by atoms with van der Waals surface area (Å²) in [5.74, 6) is 4.03. The highest BCUT2D eigenvalue weighted by Gasteiger charge is 2.08. The number of halogens is 1. The van der Waals surface area contributed by atoms with E-state index in [4.69, 9.17) is 28.4 Å². The van der Waals surface area contributed by atoms with E-state index in [9.17, 15) is 0 Å². The van der Waals surface area contributed by atoms with Crippen LogP contribution in [-0.4, -0.2) is 35.2 Å². The van der Waals surface area contributed by atoms with Gasteiger partial charge in [0.25, 0.3) is 0 Å². The Kier molecular flexibility index (Phi) is 10.3. The van der Waals surface area contributed by atoms with E-state index in [1.165, 1.54) is 0 Å². The molecule has 0 aliphatic heterocycles. The minimum absolute atomic E-state index is 0.154. The Hall–Kier alpha value is -4.20. The van der Waals surface area contributed by atoms with Crippen molar-refractivity contribution in [1.82, 2.24) is 0 Å². The van der Waals surface area contributed by atoms with Crippen molar-refractivity contribution in [2.75, 3.05) is 35.2 Å². The van der Waals surface area contributed by atoms with E-state index >= 15 is 0 Å². The van der Waals surface area contributed by atoms with Gasteiger partial charge in [-0.3, -0.25) is 0 Å². The van der Waals surface area contributed by atoms with Crippen molar-refractivity contribution in [1.29, 1.82) is 0 Å². The van der Waals surface area contributed by atoms with Gasteiger partial charge in [0.15, 0.2) is 29.8 Å². The number of ether oxygens (including phenoxy) is 6. The molecule has 0 saturated carbocycles. The van der Waals surface area contributed by atoms with Gasteiger partial charge in [0.05, 0.1) is 21.3 Å². The van der Waals surface area contributed by atoms with Crippen LogP contribution in [0, 0.1) is 0 Å². The molecular weight excluding hydrogens is 572 g/mol. The Morgan fingerprint density at radius 1 is 0.550 bits per heavy atom. The van der Waals surface area contributed by atoms with Crippen LogP contribution in [0.15, 0.2) is 83.3 Å². The normalized spacial score (nSPS) is 11.1. The first-order valence-corrected chi connectivity index (χ1v) is 13.3. The summed E-state index contributed by atoms with van der Waals surface area (Å²) >= 11 is 3.58. The monoisotopic (exact) mass is 602 g/mol. The molecule has 4 rings (SSSR count). The van der Waals surface area contributed by atoms with Crippen LogP contribution in [0.5, 0.6) is 34.5 Å². The summed E-state index contributed by atoms with van der Waals surface area (Å²) in [4.78, 5) is 0. The van der Waals surface area contributed by atoms with Crippen molar-refractivity contribution in [2.45, 2.75) is 0 Å². The van der Waals surface area contributed by atoms with E-state index in [-0.39, 0.29) is 6.79 Å². The predicted molar refractivity (Wildman–Crippen MR) is 164 cm³/mol. The highest BCUT2D eigenvalue weighted by molar-refractivity contribution is 9.10. The molecule has 0 fully saturated rings. The minimum atomic E-state index is 0.154. The van der Waals surface area contributed by atoms with E-state index in [0.717, 1.165) is 32.5 Å². The van der Waals surface area contributed by atoms with Gasteiger partial charge in [-0.2, -0.15) is 0 Å². The van der Waals surface area contributed by atoms with E-state index in [2.05, 4.69) is 15.9 Å². The van der Waals surface area contributed by atoms with Crippen LogP contribution in [0.1, 0.15) is 22.3 Å². The van der Waals surface area contributed by atoms with Gasteiger partial charge in [-0.1, -0.05) is 64.5 Å².